The Labute approximate surface area is 180 Å². The van der Waals surface area contributed by atoms with Gasteiger partial charge >= 0.3 is 5.97 Å². The second-order valence-corrected chi connectivity index (χ2v) is 7.11. The topological polar surface area (TPSA) is 73.2 Å². The van der Waals surface area contributed by atoms with E-state index in [9.17, 15) is 9.59 Å². The lowest BCUT2D eigenvalue weighted by atomic mass is 10.1. The van der Waals surface area contributed by atoms with E-state index in [1.165, 1.54) is 0 Å². The molecule has 4 aromatic rings. The summed E-state index contributed by atoms with van der Waals surface area (Å²) in [7, 11) is 0. The van der Waals surface area contributed by atoms with Crippen LogP contribution in [0.3, 0.4) is 0 Å². The summed E-state index contributed by atoms with van der Waals surface area (Å²) in [6.07, 6.45) is -0.503. The van der Waals surface area contributed by atoms with Crippen molar-refractivity contribution in [2.24, 2.45) is 0 Å². The van der Waals surface area contributed by atoms with Gasteiger partial charge in [0.05, 0.1) is 23.2 Å². The fraction of sp³-hybridized carbons (Fsp3) is 0.160. The zero-order chi connectivity index (χ0) is 21.8. The predicted octanol–water partition coefficient (Wildman–Crippen LogP) is 4.50. The Hall–Kier alpha value is -3.93. The zero-order valence-corrected chi connectivity index (χ0v) is 17.4. The molecule has 0 saturated heterocycles. The van der Waals surface area contributed by atoms with Crippen LogP contribution in [0.15, 0.2) is 78.9 Å². The molecule has 1 atom stereocenters. The molecular weight excluding hydrogens is 390 g/mol. The maximum atomic E-state index is 13.0. The van der Waals surface area contributed by atoms with E-state index in [4.69, 9.17) is 4.74 Å². The van der Waals surface area contributed by atoms with Crippen molar-refractivity contribution in [1.82, 2.24) is 14.9 Å². The Morgan fingerprint density at radius 3 is 2.32 bits per heavy atom. The second-order valence-electron chi connectivity index (χ2n) is 7.11. The number of aryl methyl sites for hydroxylation is 1. The molecule has 31 heavy (non-hydrogen) atoms. The summed E-state index contributed by atoms with van der Waals surface area (Å²) in [6.45, 7) is 3.96. The first-order valence-corrected chi connectivity index (χ1v) is 10.1. The van der Waals surface area contributed by atoms with Crippen molar-refractivity contribution in [2.75, 3.05) is 6.61 Å². The molecule has 1 heterocycles. The van der Waals surface area contributed by atoms with Gasteiger partial charge in [0.25, 0.3) is 5.91 Å². The third-order valence-electron chi connectivity index (χ3n) is 5.05. The van der Waals surface area contributed by atoms with Crippen LogP contribution in [0.1, 0.15) is 45.2 Å². The number of nitrogens with one attached hydrogen (secondary N) is 1. The quantitative estimate of drug-likeness (QED) is 0.473. The number of rotatable bonds is 6. The molecule has 0 bridgehead atoms. The summed E-state index contributed by atoms with van der Waals surface area (Å²) in [4.78, 5) is 29.9. The van der Waals surface area contributed by atoms with Crippen molar-refractivity contribution in [2.45, 2.75) is 20.0 Å². The van der Waals surface area contributed by atoms with E-state index >= 15 is 0 Å². The number of esters is 1. The maximum absolute atomic E-state index is 13.0. The molecule has 6 heteroatoms. The first kappa shape index (κ1) is 20.3. The molecule has 1 N–H and O–H groups in total. The number of hydrogen-bond donors (Lipinski definition) is 1. The van der Waals surface area contributed by atoms with Gasteiger partial charge in [-0.1, -0.05) is 48.5 Å². The van der Waals surface area contributed by atoms with E-state index in [0.29, 0.717) is 17.7 Å². The van der Waals surface area contributed by atoms with Gasteiger partial charge in [0.1, 0.15) is 12.0 Å². The third-order valence-corrected chi connectivity index (χ3v) is 5.05. The Balaban J connectivity index is 1.82. The first-order chi connectivity index (χ1) is 15.1. The van der Waals surface area contributed by atoms with Crippen molar-refractivity contribution in [1.29, 1.82) is 0 Å². The smallest absolute Gasteiger partial charge is 0.338 e. The Morgan fingerprint density at radius 1 is 0.968 bits per heavy atom. The predicted molar refractivity (Wildman–Crippen MR) is 119 cm³/mol. The molecule has 0 aliphatic heterocycles. The van der Waals surface area contributed by atoms with Gasteiger partial charge < -0.3 is 14.6 Å². The summed E-state index contributed by atoms with van der Waals surface area (Å²) in [5.74, 6) is 0.134. The number of hydrogen-bond acceptors (Lipinski definition) is 4. The van der Waals surface area contributed by atoms with Gasteiger partial charge in [0.2, 0.25) is 0 Å². The number of amides is 1. The minimum Gasteiger partial charge on any atom is -0.462 e. The minimum absolute atomic E-state index is 0.197. The fourth-order valence-electron chi connectivity index (χ4n) is 3.61. The monoisotopic (exact) mass is 413 g/mol. The number of imidazole rings is 1. The number of carbonyl (C=O) groups is 2. The summed E-state index contributed by atoms with van der Waals surface area (Å²) in [5.41, 5.74) is 3.39. The number of ether oxygens (including phenoxy) is 1. The molecule has 3 aromatic carbocycles. The van der Waals surface area contributed by atoms with Gasteiger partial charge in [-0.25, -0.2) is 9.78 Å². The molecular formula is C25H23N3O3. The minimum atomic E-state index is -0.503. The Morgan fingerprint density at radius 2 is 1.65 bits per heavy atom. The Bertz CT molecular complexity index is 1220. The normalized spacial score (nSPS) is 11.8. The van der Waals surface area contributed by atoms with Gasteiger partial charge in [-0.05, 0) is 49.7 Å². The lowest BCUT2D eigenvalue weighted by molar-refractivity contribution is 0.0526. The highest BCUT2D eigenvalue weighted by atomic mass is 16.5. The van der Waals surface area contributed by atoms with E-state index in [2.05, 4.69) is 10.3 Å². The van der Waals surface area contributed by atoms with Crippen LogP contribution in [0.4, 0.5) is 0 Å². The van der Waals surface area contributed by atoms with Crippen LogP contribution in [0, 0.1) is 6.92 Å². The first-order valence-electron chi connectivity index (χ1n) is 10.1. The molecule has 0 saturated carbocycles. The number of fused-ring (bicyclic) bond motifs is 1. The average Bonchev–Trinajstić information content (AvgIpc) is 3.13. The van der Waals surface area contributed by atoms with Crippen LogP contribution in [-0.4, -0.2) is 28.0 Å². The van der Waals surface area contributed by atoms with E-state index in [-0.39, 0.29) is 11.9 Å². The molecule has 0 spiro atoms. The lowest BCUT2D eigenvalue weighted by Crippen LogP contribution is -2.33. The highest BCUT2D eigenvalue weighted by Crippen LogP contribution is 2.26. The van der Waals surface area contributed by atoms with Gasteiger partial charge in [-0.2, -0.15) is 0 Å². The average molecular weight is 413 g/mol. The largest absolute Gasteiger partial charge is 0.462 e. The van der Waals surface area contributed by atoms with Crippen LogP contribution >= 0.6 is 0 Å². The van der Waals surface area contributed by atoms with E-state index in [1.54, 1.807) is 37.3 Å². The number of carbonyl (C=O) groups excluding carboxylic acids is 2. The SMILES string of the molecule is CCOC(=O)c1ccc2nc(C)n(C(NC(=O)c3ccccc3)c3ccccc3)c2c1. The summed E-state index contributed by atoms with van der Waals surface area (Å²) in [5, 5.41) is 3.13. The standard InChI is InChI=1S/C25H23N3O3/c1-3-31-25(30)20-14-15-21-22(16-20)28(17(2)26-21)23(18-10-6-4-7-11-18)27-24(29)19-12-8-5-9-13-19/h4-16,23H,3H2,1-2H3,(H,27,29). The van der Waals surface area contributed by atoms with Gasteiger partial charge in [-0.15, -0.1) is 0 Å². The molecule has 0 radical (unpaired) electrons. The highest BCUT2D eigenvalue weighted by Gasteiger charge is 2.22. The molecule has 156 valence electrons. The lowest BCUT2D eigenvalue weighted by Gasteiger charge is -2.23. The summed E-state index contributed by atoms with van der Waals surface area (Å²) < 4.78 is 7.09. The summed E-state index contributed by atoms with van der Waals surface area (Å²) in [6, 6.07) is 24.0. The highest BCUT2D eigenvalue weighted by molar-refractivity contribution is 5.95. The number of benzene rings is 3. The molecule has 0 aliphatic carbocycles. The van der Waals surface area contributed by atoms with Gasteiger partial charge in [-0.3, -0.25) is 4.79 Å². The third kappa shape index (κ3) is 4.19. The Kier molecular flexibility index (Phi) is 5.80. The molecule has 0 fully saturated rings. The van der Waals surface area contributed by atoms with E-state index in [0.717, 1.165) is 22.4 Å². The summed E-state index contributed by atoms with van der Waals surface area (Å²) >= 11 is 0. The van der Waals surface area contributed by atoms with Crippen molar-refractivity contribution in [3.8, 4) is 0 Å². The molecule has 1 amide bonds. The molecule has 1 unspecified atom stereocenters. The second kappa shape index (κ2) is 8.83. The maximum Gasteiger partial charge on any atom is 0.338 e. The zero-order valence-electron chi connectivity index (χ0n) is 17.4. The van der Waals surface area contributed by atoms with Crippen LogP contribution in [0.25, 0.3) is 11.0 Å². The van der Waals surface area contributed by atoms with E-state index < -0.39 is 6.17 Å². The van der Waals surface area contributed by atoms with Crippen molar-refractivity contribution >= 4 is 22.9 Å². The number of aromatic nitrogens is 2. The van der Waals surface area contributed by atoms with Crippen LogP contribution in [-0.2, 0) is 4.74 Å². The number of nitrogens with zero attached hydrogens (tertiary/aromatic N) is 2. The van der Waals surface area contributed by atoms with Crippen molar-refractivity contribution < 1.29 is 14.3 Å². The van der Waals surface area contributed by atoms with Crippen LogP contribution in [0.5, 0.6) is 0 Å². The molecule has 4 rings (SSSR count). The fourth-order valence-corrected chi connectivity index (χ4v) is 3.61. The van der Waals surface area contributed by atoms with Crippen molar-refractivity contribution in [3.63, 3.8) is 0 Å². The molecule has 0 aliphatic rings. The van der Waals surface area contributed by atoms with E-state index in [1.807, 2.05) is 60.0 Å². The van der Waals surface area contributed by atoms with Gasteiger partial charge in [0.15, 0.2) is 0 Å². The van der Waals surface area contributed by atoms with Crippen LogP contribution < -0.4 is 5.32 Å². The van der Waals surface area contributed by atoms with Gasteiger partial charge in [0, 0.05) is 5.56 Å². The molecule has 1 aromatic heterocycles. The molecule has 6 nitrogen and oxygen atoms in total. The van der Waals surface area contributed by atoms with Crippen LogP contribution in [0.2, 0.25) is 0 Å². The van der Waals surface area contributed by atoms with Crippen molar-refractivity contribution in [3.05, 3.63) is 101 Å².